The molecule has 0 aromatic heterocycles. The molecule has 1 fully saturated rings. The van der Waals surface area contributed by atoms with Gasteiger partial charge in [0.15, 0.2) is 0 Å². The lowest BCUT2D eigenvalue weighted by Crippen LogP contribution is -2.47. The lowest BCUT2D eigenvalue weighted by Gasteiger charge is -2.30. The molecule has 4 nitrogen and oxygen atoms in total. The summed E-state index contributed by atoms with van der Waals surface area (Å²) in [7, 11) is 0. The molecule has 0 aliphatic carbocycles. The maximum atomic E-state index is 12.1. The van der Waals surface area contributed by atoms with Gasteiger partial charge in [-0.2, -0.15) is 0 Å². The summed E-state index contributed by atoms with van der Waals surface area (Å²) in [6.07, 6.45) is 3.27. The Morgan fingerprint density at radius 1 is 1.38 bits per heavy atom. The number of nitrogens with zero attached hydrogens (tertiary/aromatic N) is 2. The van der Waals surface area contributed by atoms with E-state index in [1.54, 1.807) is 0 Å². The third-order valence-electron chi connectivity index (χ3n) is 3.22. The zero-order valence-corrected chi connectivity index (χ0v) is 10.5. The monoisotopic (exact) mass is 228 g/mol. The minimum absolute atomic E-state index is 0.0924. The summed E-state index contributed by atoms with van der Waals surface area (Å²) >= 11 is 0. The van der Waals surface area contributed by atoms with E-state index in [1.165, 1.54) is 0 Å². The quantitative estimate of drug-likeness (QED) is 0.728. The number of likely N-dealkylation sites (tertiary alicyclic amines) is 1. The Morgan fingerprint density at radius 3 is 2.50 bits per heavy atom. The summed E-state index contributed by atoms with van der Waals surface area (Å²) in [5.74, 6) is 0.222. The van der Waals surface area contributed by atoms with Crippen LogP contribution in [-0.4, -0.2) is 59.6 Å². The molecule has 1 unspecified atom stereocenters. The summed E-state index contributed by atoms with van der Waals surface area (Å²) in [5.41, 5.74) is 0. The molecule has 1 aliphatic heterocycles. The Bertz CT molecular complexity index is 209. The van der Waals surface area contributed by atoms with Gasteiger partial charge in [0.25, 0.3) is 0 Å². The lowest BCUT2D eigenvalue weighted by molar-refractivity contribution is -0.135. The Morgan fingerprint density at radius 2 is 2.00 bits per heavy atom. The molecule has 1 rings (SSSR count). The average Bonchev–Trinajstić information content (AvgIpc) is 2.80. The molecule has 0 aromatic rings. The van der Waals surface area contributed by atoms with E-state index in [2.05, 4.69) is 11.8 Å². The van der Waals surface area contributed by atoms with Gasteiger partial charge in [0, 0.05) is 19.6 Å². The fourth-order valence-electron chi connectivity index (χ4n) is 2.27. The van der Waals surface area contributed by atoms with Gasteiger partial charge in [0.05, 0.1) is 12.6 Å². The first-order valence-electron chi connectivity index (χ1n) is 6.34. The van der Waals surface area contributed by atoms with Crippen LogP contribution in [0.3, 0.4) is 0 Å². The van der Waals surface area contributed by atoms with Gasteiger partial charge in [-0.1, -0.05) is 6.92 Å². The van der Waals surface area contributed by atoms with Crippen molar-refractivity contribution in [3.05, 3.63) is 0 Å². The van der Waals surface area contributed by atoms with Crippen LogP contribution in [0.1, 0.15) is 33.1 Å². The first kappa shape index (κ1) is 13.5. The van der Waals surface area contributed by atoms with E-state index in [4.69, 9.17) is 5.11 Å². The van der Waals surface area contributed by atoms with Crippen LogP contribution >= 0.6 is 0 Å². The number of hydrogen-bond acceptors (Lipinski definition) is 3. The van der Waals surface area contributed by atoms with Crippen LogP contribution in [0.2, 0.25) is 0 Å². The molecular weight excluding hydrogens is 204 g/mol. The molecule has 0 saturated carbocycles. The van der Waals surface area contributed by atoms with Crippen molar-refractivity contribution < 1.29 is 9.90 Å². The smallest absolute Gasteiger partial charge is 0.239 e. The van der Waals surface area contributed by atoms with Crippen molar-refractivity contribution in [2.45, 2.75) is 39.2 Å². The topological polar surface area (TPSA) is 43.8 Å². The maximum Gasteiger partial charge on any atom is 0.239 e. The number of aliphatic hydroxyl groups excluding tert-OH is 1. The standard InChI is InChI=1S/C12H24N2O2/c1-3-6-13(9-10-15)11(2)12(16)14-7-4-5-8-14/h11,15H,3-10H2,1-2H3. The van der Waals surface area contributed by atoms with E-state index in [9.17, 15) is 4.79 Å². The summed E-state index contributed by atoms with van der Waals surface area (Å²) in [6.45, 7) is 7.45. The van der Waals surface area contributed by atoms with Gasteiger partial charge in [-0.15, -0.1) is 0 Å². The fourth-order valence-corrected chi connectivity index (χ4v) is 2.27. The van der Waals surface area contributed by atoms with E-state index < -0.39 is 0 Å². The number of carbonyl (C=O) groups excluding carboxylic acids is 1. The second-order valence-corrected chi connectivity index (χ2v) is 4.47. The minimum Gasteiger partial charge on any atom is -0.395 e. The first-order chi connectivity index (χ1) is 7.70. The minimum atomic E-state index is -0.0924. The second kappa shape index (κ2) is 6.86. The van der Waals surface area contributed by atoms with Crippen molar-refractivity contribution in [1.29, 1.82) is 0 Å². The third-order valence-corrected chi connectivity index (χ3v) is 3.22. The van der Waals surface area contributed by atoms with Crippen LogP contribution < -0.4 is 0 Å². The zero-order valence-electron chi connectivity index (χ0n) is 10.5. The fraction of sp³-hybridized carbons (Fsp3) is 0.917. The van der Waals surface area contributed by atoms with Crippen molar-refractivity contribution in [3.63, 3.8) is 0 Å². The molecule has 0 spiro atoms. The number of amides is 1. The van der Waals surface area contributed by atoms with Gasteiger partial charge in [-0.05, 0) is 32.7 Å². The Kier molecular flexibility index (Phi) is 5.77. The summed E-state index contributed by atoms with van der Waals surface area (Å²) < 4.78 is 0. The molecule has 16 heavy (non-hydrogen) atoms. The highest BCUT2D eigenvalue weighted by Crippen LogP contribution is 2.12. The van der Waals surface area contributed by atoms with Crippen molar-refractivity contribution in [1.82, 2.24) is 9.80 Å². The largest absolute Gasteiger partial charge is 0.395 e. The maximum absolute atomic E-state index is 12.1. The predicted octanol–water partition coefficient (Wildman–Crippen LogP) is 0.702. The summed E-state index contributed by atoms with van der Waals surface area (Å²) in [5, 5.41) is 8.99. The van der Waals surface area contributed by atoms with Gasteiger partial charge in [-0.3, -0.25) is 9.69 Å². The Balaban J connectivity index is 2.50. The Labute approximate surface area is 98.2 Å². The average molecular weight is 228 g/mol. The molecule has 0 aromatic carbocycles. The van der Waals surface area contributed by atoms with E-state index in [-0.39, 0.29) is 18.6 Å². The number of hydrogen-bond donors (Lipinski definition) is 1. The molecule has 1 heterocycles. The van der Waals surface area contributed by atoms with Crippen molar-refractivity contribution >= 4 is 5.91 Å². The van der Waals surface area contributed by atoms with Crippen LogP contribution in [0.5, 0.6) is 0 Å². The zero-order chi connectivity index (χ0) is 12.0. The van der Waals surface area contributed by atoms with Crippen molar-refractivity contribution in [2.24, 2.45) is 0 Å². The summed E-state index contributed by atoms with van der Waals surface area (Å²) in [6, 6.07) is -0.0924. The molecule has 1 N–H and O–H groups in total. The first-order valence-corrected chi connectivity index (χ1v) is 6.34. The molecule has 4 heteroatoms. The van der Waals surface area contributed by atoms with Crippen molar-refractivity contribution in [3.8, 4) is 0 Å². The molecule has 0 bridgehead atoms. The predicted molar refractivity (Wildman–Crippen MR) is 64.2 cm³/mol. The van der Waals surface area contributed by atoms with E-state index in [0.717, 1.165) is 38.9 Å². The molecule has 1 aliphatic rings. The SMILES string of the molecule is CCCN(CCO)C(C)C(=O)N1CCCC1. The van der Waals surface area contributed by atoms with Crippen LogP contribution in [0.25, 0.3) is 0 Å². The van der Waals surface area contributed by atoms with Gasteiger partial charge in [-0.25, -0.2) is 0 Å². The highest BCUT2D eigenvalue weighted by Gasteiger charge is 2.26. The number of aliphatic hydroxyl groups is 1. The molecule has 1 atom stereocenters. The van der Waals surface area contributed by atoms with Gasteiger partial charge < -0.3 is 10.0 Å². The third kappa shape index (κ3) is 3.46. The molecule has 0 radical (unpaired) electrons. The Hall–Kier alpha value is -0.610. The number of carbonyl (C=O) groups is 1. The highest BCUT2D eigenvalue weighted by atomic mass is 16.3. The van der Waals surface area contributed by atoms with Gasteiger partial charge >= 0.3 is 0 Å². The van der Waals surface area contributed by atoms with E-state index in [1.807, 2.05) is 11.8 Å². The molecule has 1 amide bonds. The van der Waals surface area contributed by atoms with Crippen LogP contribution in [-0.2, 0) is 4.79 Å². The number of rotatable bonds is 6. The molecular formula is C12H24N2O2. The second-order valence-electron chi connectivity index (χ2n) is 4.47. The lowest BCUT2D eigenvalue weighted by atomic mass is 10.2. The molecule has 1 saturated heterocycles. The van der Waals surface area contributed by atoms with E-state index in [0.29, 0.717) is 6.54 Å². The van der Waals surface area contributed by atoms with Gasteiger partial charge in [0.1, 0.15) is 0 Å². The summed E-state index contributed by atoms with van der Waals surface area (Å²) in [4.78, 5) is 16.2. The van der Waals surface area contributed by atoms with Crippen LogP contribution in [0.4, 0.5) is 0 Å². The van der Waals surface area contributed by atoms with Gasteiger partial charge in [0.2, 0.25) is 5.91 Å². The van der Waals surface area contributed by atoms with Crippen LogP contribution in [0, 0.1) is 0 Å². The van der Waals surface area contributed by atoms with E-state index >= 15 is 0 Å². The normalized spacial score (nSPS) is 18.1. The highest BCUT2D eigenvalue weighted by molar-refractivity contribution is 5.81. The molecule has 94 valence electrons. The van der Waals surface area contributed by atoms with Crippen LogP contribution in [0.15, 0.2) is 0 Å². The van der Waals surface area contributed by atoms with Crippen molar-refractivity contribution in [2.75, 3.05) is 32.8 Å².